The molecule has 4 aromatic rings. The average Bonchev–Trinajstić information content (AvgIpc) is 3.62. The summed E-state index contributed by atoms with van der Waals surface area (Å²) in [6, 6.07) is 27.4. The van der Waals surface area contributed by atoms with Gasteiger partial charge < -0.3 is 19.7 Å². The molecule has 5 rings (SSSR count). The van der Waals surface area contributed by atoms with Crippen molar-refractivity contribution < 1.29 is 27.5 Å². The number of sulfonamides is 1. The van der Waals surface area contributed by atoms with Crippen molar-refractivity contribution in [2.75, 3.05) is 25.1 Å². The molecule has 1 aliphatic rings. The van der Waals surface area contributed by atoms with Crippen LogP contribution in [0.15, 0.2) is 106 Å². The van der Waals surface area contributed by atoms with E-state index in [0.717, 1.165) is 51.2 Å². The molecule has 49 heavy (non-hydrogen) atoms. The second-order valence-corrected chi connectivity index (χ2v) is 15.0. The van der Waals surface area contributed by atoms with E-state index < -0.39 is 28.5 Å². The summed E-state index contributed by atoms with van der Waals surface area (Å²) >= 11 is 3.53. The van der Waals surface area contributed by atoms with Gasteiger partial charge in [-0.2, -0.15) is 0 Å². The van der Waals surface area contributed by atoms with E-state index in [2.05, 4.69) is 21.2 Å². The van der Waals surface area contributed by atoms with Crippen LogP contribution in [-0.4, -0.2) is 58.0 Å². The van der Waals surface area contributed by atoms with E-state index in [1.807, 2.05) is 61.5 Å². The molecule has 1 atom stereocenters. The van der Waals surface area contributed by atoms with Gasteiger partial charge in [-0.05, 0) is 67.3 Å². The summed E-state index contributed by atoms with van der Waals surface area (Å²) in [5.74, 6) is -0.0837. The zero-order valence-corrected chi connectivity index (χ0v) is 30.4. The van der Waals surface area contributed by atoms with Gasteiger partial charge in [-0.1, -0.05) is 88.9 Å². The number of hydrogen-bond donors (Lipinski definition) is 1. The minimum absolute atomic E-state index is 0.0266. The molecule has 9 nitrogen and oxygen atoms in total. The van der Waals surface area contributed by atoms with E-state index in [-0.39, 0.29) is 35.5 Å². The van der Waals surface area contributed by atoms with Crippen molar-refractivity contribution in [3.63, 3.8) is 0 Å². The number of nitrogens with zero attached hydrogens (tertiary/aromatic N) is 2. The van der Waals surface area contributed by atoms with Crippen LogP contribution in [0.1, 0.15) is 42.4 Å². The maximum atomic E-state index is 14.8. The van der Waals surface area contributed by atoms with Crippen molar-refractivity contribution in [1.82, 2.24) is 10.2 Å². The number of carbonyl (C=O) groups is 2. The third-order valence-electron chi connectivity index (χ3n) is 8.76. The van der Waals surface area contributed by atoms with Crippen LogP contribution < -0.4 is 19.1 Å². The highest BCUT2D eigenvalue weighted by Gasteiger charge is 2.36. The molecule has 258 valence electrons. The predicted octanol–water partition coefficient (Wildman–Crippen LogP) is 6.67. The molecule has 1 N–H and O–H groups in total. The SMILES string of the molecule is COc1ccc(N(CC(=O)N(Cc2cccc(Br)c2)[C@H](Cc2ccccc2)C(=O)NC2CCCC2)S(=O)(=O)c2ccc(C)cc2)cc1OC. The Kier molecular flexibility index (Phi) is 12.0. The summed E-state index contributed by atoms with van der Waals surface area (Å²) in [5, 5.41) is 3.20. The normalized spacial score (nSPS) is 13.8. The van der Waals surface area contributed by atoms with Crippen LogP contribution in [0.5, 0.6) is 11.5 Å². The zero-order chi connectivity index (χ0) is 35.0. The number of aryl methyl sites for hydroxylation is 1. The first-order valence-electron chi connectivity index (χ1n) is 16.3. The van der Waals surface area contributed by atoms with E-state index in [1.165, 1.54) is 37.3 Å². The predicted molar refractivity (Wildman–Crippen MR) is 194 cm³/mol. The monoisotopic (exact) mass is 747 g/mol. The van der Waals surface area contributed by atoms with Crippen molar-refractivity contribution in [3.05, 3.63) is 118 Å². The number of ether oxygens (including phenoxy) is 2. The molecule has 0 bridgehead atoms. The van der Waals surface area contributed by atoms with Crippen molar-refractivity contribution in [1.29, 1.82) is 0 Å². The molecule has 1 aliphatic carbocycles. The summed E-state index contributed by atoms with van der Waals surface area (Å²) in [5.41, 5.74) is 2.77. The molecular weight excluding hydrogens is 706 g/mol. The largest absolute Gasteiger partial charge is 0.493 e. The molecule has 0 unspecified atom stereocenters. The summed E-state index contributed by atoms with van der Waals surface area (Å²) in [7, 11) is -1.31. The highest BCUT2D eigenvalue weighted by Crippen LogP contribution is 2.34. The standard InChI is InChI=1S/C38H42BrN3O6S/c1-27-16-19-33(20-17-27)49(45,46)42(32-18-21-35(47-2)36(24-32)48-3)26-37(43)41(25-29-12-9-13-30(39)22-29)34(23-28-10-5-4-6-11-28)38(44)40-31-14-7-8-15-31/h4-6,9-13,16-22,24,31,34H,7-8,14-15,23,25-26H2,1-3H3,(H,40,44)/t34-/m1/s1. The minimum atomic E-state index is -4.27. The minimum Gasteiger partial charge on any atom is -0.493 e. The first-order valence-corrected chi connectivity index (χ1v) is 18.5. The van der Waals surface area contributed by atoms with E-state index in [9.17, 15) is 18.0 Å². The van der Waals surface area contributed by atoms with E-state index >= 15 is 0 Å². The van der Waals surface area contributed by atoms with Crippen LogP contribution in [0.3, 0.4) is 0 Å². The van der Waals surface area contributed by atoms with Crippen LogP contribution in [-0.2, 0) is 32.6 Å². The van der Waals surface area contributed by atoms with E-state index in [4.69, 9.17) is 9.47 Å². The Hall–Kier alpha value is -4.35. The first kappa shape index (κ1) is 35.9. The molecule has 0 radical (unpaired) electrons. The van der Waals surface area contributed by atoms with E-state index in [1.54, 1.807) is 24.3 Å². The Balaban J connectivity index is 1.60. The van der Waals surface area contributed by atoms with Gasteiger partial charge in [0.1, 0.15) is 12.6 Å². The molecule has 1 fully saturated rings. The highest BCUT2D eigenvalue weighted by molar-refractivity contribution is 9.10. The van der Waals surface area contributed by atoms with Crippen LogP contribution in [0, 0.1) is 6.92 Å². The summed E-state index contributed by atoms with van der Waals surface area (Å²) in [6.07, 6.45) is 4.08. The Morgan fingerprint density at radius 1 is 0.857 bits per heavy atom. The number of halogens is 1. The molecular formula is C38H42BrN3O6S. The summed E-state index contributed by atoms with van der Waals surface area (Å²) in [4.78, 5) is 30.5. The van der Waals surface area contributed by atoms with Crippen LogP contribution >= 0.6 is 15.9 Å². The first-order chi connectivity index (χ1) is 23.6. The number of nitrogens with one attached hydrogen (secondary N) is 1. The lowest BCUT2D eigenvalue weighted by molar-refractivity contribution is -0.140. The van der Waals surface area contributed by atoms with Crippen LogP contribution in [0.2, 0.25) is 0 Å². The van der Waals surface area contributed by atoms with Crippen LogP contribution in [0.25, 0.3) is 0 Å². The quantitative estimate of drug-likeness (QED) is 0.155. The van der Waals surface area contributed by atoms with Crippen molar-refractivity contribution in [3.8, 4) is 11.5 Å². The van der Waals surface area contributed by atoms with Gasteiger partial charge >= 0.3 is 0 Å². The Bertz CT molecular complexity index is 1850. The molecule has 4 aromatic carbocycles. The molecule has 1 saturated carbocycles. The molecule has 11 heteroatoms. The highest BCUT2D eigenvalue weighted by atomic mass is 79.9. The fraction of sp³-hybridized carbons (Fsp3) is 0.316. The maximum absolute atomic E-state index is 14.8. The Labute approximate surface area is 297 Å². The lowest BCUT2D eigenvalue weighted by Gasteiger charge is -2.34. The second kappa shape index (κ2) is 16.4. The average molecular weight is 749 g/mol. The topological polar surface area (TPSA) is 105 Å². The van der Waals surface area contributed by atoms with Crippen molar-refractivity contribution in [2.45, 2.75) is 62.6 Å². The lowest BCUT2D eigenvalue weighted by atomic mass is 10.0. The number of hydrogen-bond acceptors (Lipinski definition) is 6. The molecule has 0 heterocycles. The van der Waals surface area contributed by atoms with Gasteiger partial charge in [-0.15, -0.1) is 0 Å². The maximum Gasteiger partial charge on any atom is 0.264 e. The number of amides is 2. The Morgan fingerprint density at radius 3 is 2.18 bits per heavy atom. The van der Waals surface area contributed by atoms with Gasteiger partial charge in [-0.25, -0.2) is 8.42 Å². The Morgan fingerprint density at radius 2 is 1.53 bits per heavy atom. The van der Waals surface area contributed by atoms with Gasteiger partial charge in [0.25, 0.3) is 10.0 Å². The van der Waals surface area contributed by atoms with Crippen molar-refractivity contribution in [2.24, 2.45) is 0 Å². The number of benzene rings is 4. The molecule has 2 amide bonds. The van der Waals surface area contributed by atoms with Gasteiger partial charge in [0.15, 0.2) is 11.5 Å². The summed E-state index contributed by atoms with van der Waals surface area (Å²) in [6.45, 7) is 1.38. The summed E-state index contributed by atoms with van der Waals surface area (Å²) < 4.78 is 41.6. The number of anilines is 1. The molecule has 0 spiro atoms. The molecule has 0 saturated heterocycles. The van der Waals surface area contributed by atoms with Gasteiger partial charge in [0, 0.05) is 29.5 Å². The fourth-order valence-electron chi connectivity index (χ4n) is 6.10. The molecule has 0 aromatic heterocycles. The number of rotatable bonds is 14. The van der Waals surface area contributed by atoms with E-state index in [0.29, 0.717) is 11.5 Å². The smallest absolute Gasteiger partial charge is 0.264 e. The van der Waals surface area contributed by atoms with Crippen LogP contribution in [0.4, 0.5) is 5.69 Å². The number of carbonyl (C=O) groups excluding carboxylic acids is 2. The molecule has 0 aliphatic heterocycles. The van der Waals surface area contributed by atoms with Gasteiger partial charge in [-0.3, -0.25) is 13.9 Å². The third-order valence-corrected chi connectivity index (χ3v) is 11.0. The fourth-order valence-corrected chi connectivity index (χ4v) is 7.95. The van der Waals surface area contributed by atoms with Gasteiger partial charge in [0.05, 0.1) is 24.8 Å². The zero-order valence-electron chi connectivity index (χ0n) is 28.0. The number of methoxy groups -OCH3 is 2. The van der Waals surface area contributed by atoms with Gasteiger partial charge in [0.2, 0.25) is 11.8 Å². The second-order valence-electron chi connectivity index (χ2n) is 12.2. The van der Waals surface area contributed by atoms with Crippen molar-refractivity contribution >= 4 is 43.5 Å². The lowest BCUT2D eigenvalue weighted by Crippen LogP contribution is -2.54. The third kappa shape index (κ3) is 9.01.